The number of methoxy groups -OCH3 is 1. The van der Waals surface area contributed by atoms with Gasteiger partial charge in [-0.3, -0.25) is 4.98 Å². The Labute approximate surface area is 126 Å². The van der Waals surface area contributed by atoms with E-state index in [0.717, 1.165) is 35.6 Å². The predicted octanol–water partition coefficient (Wildman–Crippen LogP) is 3.73. The summed E-state index contributed by atoms with van der Waals surface area (Å²) >= 11 is 0. The number of hydrogen-bond donors (Lipinski definition) is 1. The third kappa shape index (κ3) is 2.36. The first kappa shape index (κ1) is 13.6. The lowest BCUT2D eigenvalue weighted by Gasteiger charge is -2.57. The maximum absolute atomic E-state index is 10.7. The lowest BCUT2D eigenvalue weighted by molar-refractivity contribution is -0.0771. The zero-order valence-corrected chi connectivity index (χ0v) is 12.8. The molecule has 3 nitrogen and oxygen atoms in total. The molecule has 4 aliphatic carbocycles. The molecule has 1 N–H and O–H groups in total. The van der Waals surface area contributed by atoms with Crippen LogP contribution in [0.3, 0.4) is 0 Å². The van der Waals surface area contributed by atoms with Crippen LogP contribution in [0, 0.1) is 23.2 Å². The molecule has 4 saturated carbocycles. The molecule has 4 fully saturated rings. The Morgan fingerprint density at radius 3 is 2.43 bits per heavy atom. The van der Waals surface area contributed by atoms with Crippen LogP contribution in [0.25, 0.3) is 0 Å². The van der Waals surface area contributed by atoms with Crippen molar-refractivity contribution in [1.82, 2.24) is 4.98 Å². The lowest BCUT2D eigenvalue weighted by atomic mass is 9.48. The Morgan fingerprint density at radius 2 is 1.86 bits per heavy atom. The maximum Gasteiger partial charge on any atom is 0.143 e. The molecule has 0 amide bonds. The highest BCUT2D eigenvalue weighted by molar-refractivity contribution is 5.28. The molecule has 0 aliphatic heterocycles. The van der Waals surface area contributed by atoms with E-state index in [1.165, 1.54) is 38.5 Å². The zero-order chi connectivity index (χ0) is 14.4. The van der Waals surface area contributed by atoms with Gasteiger partial charge in [-0.25, -0.2) is 0 Å². The Bertz CT molecular complexity index is 492. The average molecular weight is 287 g/mol. The molecule has 0 spiro atoms. The first-order valence-electron chi connectivity index (χ1n) is 8.34. The molecule has 5 rings (SSSR count). The summed E-state index contributed by atoms with van der Waals surface area (Å²) in [4.78, 5) is 4.37. The van der Waals surface area contributed by atoms with Gasteiger partial charge in [0.05, 0.1) is 7.11 Å². The Balaban J connectivity index is 1.55. The summed E-state index contributed by atoms with van der Waals surface area (Å²) in [6.45, 7) is 0. The molecule has 1 atom stereocenters. The minimum atomic E-state index is -0.489. The van der Waals surface area contributed by atoms with Gasteiger partial charge in [0, 0.05) is 6.20 Å². The molecule has 0 aromatic carbocycles. The van der Waals surface area contributed by atoms with E-state index in [1.54, 1.807) is 13.3 Å². The van der Waals surface area contributed by atoms with Crippen LogP contribution in [0.15, 0.2) is 18.3 Å². The van der Waals surface area contributed by atoms with Gasteiger partial charge >= 0.3 is 0 Å². The summed E-state index contributed by atoms with van der Waals surface area (Å²) in [7, 11) is 1.65. The maximum atomic E-state index is 10.7. The summed E-state index contributed by atoms with van der Waals surface area (Å²) in [5.41, 5.74) is 1.09. The fraction of sp³-hybridized carbons (Fsp3) is 0.722. The van der Waals surface area contributed by atoms with Gasteiger partial charge in [0.15, 0.2) is 0 Å². The average Bonchev–Trinajstić information content (AvgIpc) is 2.45. The quantitative estimate of drug-likeness (QED) is 0.917. The van der Waals surface area contributed by atoms with Crippen LogP contribution in [0.1, 0.15) is 56.7 Å². The first-order valence-corrected chi connectivity index (χ1v) is 8.34. The Hall–Kier alpha value is -1.09. The standard InChI is InChI=1S/C18H25NO2/c1-21-16-3-2-4-19-17(16)15(20)11-18-8-12-5-13(9-18)7-14(6-12)10-18/h2-4,12-15,20H,5-11H2,1H3. The lowest BCUT2D eigenvalue weighted by Crippen LogP contribution is -2.46. The normalized spacial score (nSPS) is 38.5. The molecule has 1 unspecified atom stereocenters. The minimum absolute atomic E-state index is 0.372. The van der Waals surface area contributed by atoms with Gasteiger partial charge < -0.3 is 9.84 Å². The zero-order valence-electron chi connectivity index (χ0n) is 12.8. The number of hydrogen-bond acceptors (Lipinski definition) is 3. The van der Waals surface area contributed by atoms with Crippen molar-refractivity contribution in [3.8, 4) is 5.75 Å². The molecule has 4 aliphatic rings. The number of aliphatic hydroxyl groups excluding tert-OH is 1. The van der Waals surface area contributed by atoms with E-state index in [-0.39, 0.29) is 0 Å². The van der Waals surface area contributed by atoms with Crippen LogP contribution < -0.4 is 4.74 Å². The van der Waals surface area contributed by atoms with Gasteiger partial charge in [-0.2, -0.15) is 0 Å². The number of rotatable bonds is 4. The largest absolute Gasteiger partial charge is 0.495 e. The van der Waals surface area contributed by atoms with Crippen molar-refractivity contribution >= 4 is 0 Å². The van der Waals surface area contributed by atoms with Gasteiger partial charge in [0.25, 0.3) is 0 Å². The fourth-order valence-electron chi connectivity index (χ4n) is 5.87. The van der Waals surface area contributed by atoms with Crippen molar-refractivity contribution < 1.29 is 9.84 Å². The summed E-state index contributed by atoms with van der Waals surface area (Å²) in [6.07, 6.45) is 10.4. The summed E-state index contributed by atoms with van der Waals surface area (Å²) in [5.74, 6) is 3.49. The van der Waals surface area contributed by atoms with Crippen molar-refractivity contribution in [1.29, 1.82) is 0 Å². The van der Waals surface area contributed by atoms with Crippen LogP contribution in [-0.4, -0.2) is 17.2 Å². The van der Waals surface area contributed by atoms with E-state index in [2.05, 4.69) is 4.98 Å². The molecule has 3 heteroatoms. The van der Waals surface area contributed by atoms with Crippen molar-refractivity contribution in [2.75, 3.05) is 7.11 Å². The second-order valence-electron chi connectivity index (χ2n) is 7.73. The minimum Gasteiger partial charge on any atom is -0.495 e. The number of aliphatic hydroxyl groups is 1. The second-order valence-corrected chi connectivity index (χ2v) is 7.73. The molecular weight excluding hydrogens is 262 g/mol. The summed E-state index contributed by atoms with van der Waals surface area (Å²) in [5, 5.41) is 10.7. The van der Waals surface area contributed by atoms with E-state index >= 15 is 0 Å². The van der Waals surface area contributed by atoms with E-state index in [4.69, 9.17) is 4.74 Å². The van der Waals surface area contributed by atoms with Crippen molar-refractivity contribution in [2.24, 2.45) is 23.2 Å². The fourth-order valence-corrected chi connectivity index (χ4v) is 5.87. The molecule has 1 aromatic rings. The van der Waals surface area contributed by atoms with Gasteiger partial charge in [0.2, 0.25) is 0 Å². The van der Waals surface area contributed by atoms with E-state index in [1.807, 2.05) is 12.1 Å². The van der Waals surface area contributed by atoms with Crippen LogP contribution >= 0.6 is 0 Å². The van der Waals surface area contributed by atoms with Gasteiger partial charge in [0.1, 0.15) is 17.5 Å². The monoisotopic (exact) mass is 287 g/mol. The molecule has 114 valence electrons. The third-order valence-electron chi connectivity index (χ3n) is 6.13. The molecule has 1 aromatic heterocycles. The number of nitrogens with zero attached hydrogens (tertiary/aromatic N) is 1. The van der Waals surface area contributed by atoms with Crippen molar-refractivity contribution in [3.05, 3.63) is 24.0 Å². The number of ether oxygens (including phenoxy) is 1. The topological polar surface area (TPSA) is 42.4 Å². The molecule has 1 heterocycles. The highest BCUT2D eigenvalue weighted by atomic mass is 16.5. The summed E-state index contributed by atoms with van der Waals surface area (Å²) in [6, 6.07) is 3.75. The highest BCUT2D eigenvalue weighted by Crippen LogP contribution is 2.62. The van der Waals surface area contributed by atoms with Gasteiger partial charge in [-0.15, -0.1) is 0 Å². The van der Waals surface area contributed by atoms with Crippen LogP contribution in [0.2, 0.25) is 0 Å². The smallest absolute Gasteiger partial charge is 0.143 e. The molecule has 0 radical (unpaired) electrons. The molecule has 21 heavy (non-hydrogen) atoms. The molecule has 0 saturated heterocycles. The first-order chi connectivity index (χ1) is 10.2. The number of pyridine rings is 1. The number of aromatic nitrogens is 1. The van der Waals surface area contributed by atoms with Gasteiger partial charge in [-0.05, 0) is 80.2 Å². The van der Waals surface area contributed by atoms with E-state index in [0.29, 0.717) is 5.41 Å². The summed E-state index contributed by atoms with van der Waals surface area (Å²) < 4.78 is 5.36. The third-order valence-corrected chi connectivity index (χ3v) is 6.13. The van der Waals surface area contributed by atoms with Crippen LogP contribution in [0.4, 0.5) is 0 Å². The Morgan fingerprint density at radius 1 is 1.24 bits per heavy atom. The van der Waals surface area contributed by atoms with Crippen molar-refractivity contribution in [3.63, 3.8) is 0 Å². The molecular formula is C18H25NO2. The van der Waals surface area contributed by atoms with Crippen molar-refractivity contribution in [2.45, 2.75) is 51.0 Å². The van der Waals surface area contributed by atoms with Crippen LogP contribution in [0.5, 0.6) is 5.75 Å². The SMILES string of the molecule is COc1cccnc1C(O)CC12CC3CC(CC(C3)C1)C2. The van der Waals surface area contributed by atoms with Gasteiger partial charge in [-0.1, -0.05) is 0 Å². The van der Waals surface area contributed by atoms with E-state index in [9.17, 15) is 5.11 Å². The van der Waals surface area contributed by atoms with E-state index < -0.39 is 6.10 Å². The molecule has 4 bridgehead atoms. The van der Waals surface area contributed by atoms with Crippen LogP contribution in [-0.2, 0) is 0 Å². The second kappa shape index (κ2) is 4.98. The highest BCUT2D eigenvalue weighted by Gasteiger charge is 2.51. The predicted molar refractivity (Wildman–Crippen MR) is 81.0 cm³/mol. The Kier molecular flexibility index (Phi) is 3.21.